The molecule has 30 heavy (non-hydrogen) atoms. The number of benzene rings is 2. The molecule has 1 N–H and O–H groups in total. The van der Waals surface area contributed by atoms with Crippen LogP contribution in [-0.2, 0) is 6.54 Å². The number of anilines is 2. The van der Waals surface area contributed by atoms with E-state index in [0.29, 0.717) is 17.7 Å². The van der Waals surface area contributed by atoms with E-state index in [4.69, 9.17) is 0 Å². The highest BCUT2D eigenvalue weighted by molar-refractivity contribution is 5.87. The molecule has 4 rings (SSSR count). The van der Waals surface area contributed by atoms with Gasteiger partial charge in [-0.1, -0.05) is 18.2 Å². The third kappa shape index (κ3) is 3.84. The SMILES string of the molecule is CN(C)CCn1cnc2c(Nc3c(F)cccc3F)nc(-c3ccccc3F)nc21. The second-order valence-corrected chi connectivity index (χ2v) is 7.01. The Bertz CT molecular complexity index is 1180. The molecule has 2 aromatic carbocycles. The van der Waals surface area contributed by atoms with Crippen LogP contribution in [-0.4, -0.2) is 45.1 Å². The van der Waals surface area contributed by atoms with Gasteiger partial charge in [0.2, 0.25) is 0 Å². The molecule has 0 aliphatic rings. The average molecular weight is 412 g/mol. The van der Waals surface area contributed by atoms with Gasteiger partial charge in [0.15, 0.2) is 22.8 Å². The standard InChI is InChI=1S/C21H19F3N6/c1-29(2)10-11-30-12-25-18-20(26-17-15(23)8-5-9-16(17)24)27-19(28-21(18)30)13-6-3-4-7-14(13)22/h3-9,12H,10-11H2,1-2H3,(H,26,27,28). The fourth-order valence-electron chi connectivity index (χ4n) is 3.00. The Hall–Kier alpha value is -3.46. The maximum atomic E-state index is 14.4. The van der Waals surface area contributed by atoms with Gasteiger partial charge < -0.3 is 14.8 Å². The normalized spacial score (nSPS) is 11.4. The van der Waals surface area contributed by atoms with Gasteiger partial charge in [-0.3, -0.25) is 0 Å². The maximum Gasteiger partial charge on any atom is 0.167 e. The van der Waals surface area contributed by atoms with Crippen molar-refractivity contribution in [3.05, 3.63) is 66.2 Å². The van der Waals surface area contributed by atoms with E-state index in [1.807, 2.05) is 19.0 Å². The number of halogens is 3. The number of likely N-dealkylation sites (N-methyl/N-ethyl adjacent to an activating group) is 1. The van der Waals surface area contributed by atoms with Crippen LogP contribution in [0.2, 0.25) is 0 Å². The number of fused-ring (bicyclic) bond motifs is 1. The van der Waals surface area contributed by atoms with E-state index >= 15 is 0 Å². The summed E-state index contributed by atoms with van der Waals surface area (Å²) >= 11 is 0. The Morgan fingerprint density at radius 1 is 0.933 bits per heavy atom. The fourth-order valence-corrected chi connectivity index (χ4v) is 3.00. The van der Waals surface area contributed by atoms with Crippen LogP contribution in [0.5, 0.6) is 0 Å². The van der Waals surface area contributed by atoms with Crippen molar-refractivity contribution in [3.63, 3.8) is 0 Å². The molecular formula is C21H19F3N6. The molecule has 4 aromatic rings. The molecule has 0 unspecified atom stereocenters. The highest BCUT2D eigenvalue weighted by Crippen LogP contribution is 2.29. The van der Waals surface area contributed by atoms with Gasteiger partial charge in [-0.15, -0.1) is 0 Å². The zero-order chi connectivity index (χ0) is 21.3. The molecule has 0 amide bonds. The van der Waals surface area contributed by atoms with E-state index in [1.54, 1.807) is 29.1 Å². The first-order chi connectivity index (χ1) is 14.4. The zero-order valence-corrected chi connectivity index (χ0v) is 16.4. The van der Waals surface area contributed by atoms with Gasteiger partial charge in [-0.2, -0.15) is 0 Å². The summed E-state index contributed by atoms with van der Waals surface area (Å²) < 4.78 is 44.6. The van der Waals surface area contributed by atoms with E-state index in [9.17, 15) is 13.2 Å². The van der Waals surface area contributed by atoms with Crippen molar-refractivity contribution in [1.82, 2.24) is 24.4 Å². The summed E-state index contributed by atoms with van der Waals surface area (Å²) in [4.78, 5) is 15.2. The molecule has 6 nitrogen and oxygen atoms in total. The molecule has 9 heteroatoms. The predicted molar refractivity (Wildman–Crippen MR) is 109 cm³/mol. The summed E-state index contributed by atoms with van der Waals surface area (Å²) in [6, 6.07) is 9.62. The van der Waals surface area contributed by atoms with E-state index in [2.05, 4.69) is 20.3 Å². The lowest BCUT2D eigenvalue weighted by Gasteiger charge is -2.12. The summed E-state index contributed by atoms with van der Waals surface area (Å²) in [7, 11) is 3.87. The Morgan fingerprint density at radius 3 is 2.33 bits per heavy atom. The van der Waals surface area contributed by atoms with Crippen molar-refractivity contribution >= 4 is 22.7 Å². The van der Waals surface area contributed by atoms with E-state index in [1.165, 1.54) is 12.1 Å². The monoisotopic (exact) mass is 412 g/mol. The third-order valence-corrected chi connectivity index (χ3v) is 4.57. The smallest absolute Gasteiger partial charge is 0.167 e. The van der Waals surface area contributed by atoms with Crippen molar-refractivity contribution in [2.75, 3.05) is 26.0 Å². The van der Waals surface area contributed by atoms with E-state index in [-0.39, 0.29) is 22.9 Å². The van der Waals surface area contributed by atoms with Crippen molar-refractivity contribution < 1.29 is 13.2 Å². The molecule has 0 saturated carbocycles. The molecule has 0 bridgehead atoms. The molecule has 0 radical (unpaired) electrons. The number of hydrogen-bond donors (Lipinski definition) is 1. The number of rotatable bonds is 6. The van der Waals surface area contributed by atoms with Crippen LogP contribution in [0.4, 0.5) is 24.7 Å². The fraction of sp³-hybridized carbons (Fsp3) is 0.190. The summed E-state index contributed by atoms with van der Waals surface area (Å²) in [5, 5.41) is 2.68. The van der Waals surface area contributed by atoms with Gasteiger partial charge in [0.05, 0.1) is 11.9 Å². The van der Waals surface area contributed by atoms with Crippen LogP contribution in [0.15, 0.2) is 48.8 Å². The molecule has 2 heterocycles. The van der Waals surface area contributed by atoms with E-state index < -0.39 is 17.5 Å². The minimum Gasteiger partial charge on any atom is -0.333 e. The summed E-state index contributed by atoms with van der Waals surface area (Å²) in [6.45, 7) is 1.29. The lowest BCUT2D eigenvalue weighted by atomic mass is 10.2. The first kappa shape index (κ1) is 19.8. The molecule has 2 aromatic heterocycles. The third-order valence-electron chi connectivity index (χ3n) is 4.57. The topological polar surface area (TPSA) is 58.9 Å². The average Bonchev–Trinajstić information content (AvgIpc) is 3.12. The largest absolute Gasteiger partial charge is 0.333 e. The van der Waals surface area contributed by atoms with Crippen molar-refractivity contribution in [2.24, 2.45) is 0 Å². The van der Waals surface area contributed by atoms with Crippen LogP contribution in [0.1, 0.15) is 0 Å². The lowest BCUT2D eigenvalue weighted by Crippen LogP contribution is -2.18. The second kappa shape index (κ2) is 8.11. The molecule has 0 saturated heterocycles. The van der Waals surface area contributed by atoms with Crippen LogP contribution >= 0.6 is 0 Å². The number of para-hydroxylation sites is 1. The number of nitrogens with zero attached hydrogens (tertiary/aromatic N) is 5. The van der Waals surface area contributed by atoms with Crippen LogP contribution in [0.25, 0.3) is 22.6 Å². The van der Waals surface area contributed by atoms with Gasteiger partial charge in [0.25, 0.3) is 0 Å². The van der Waals surface area contributed by atoms with Gasteiger partial charge in [0.1, 0.15) is 23.1 Å². The molecule has 0 atom stereocenters. The predicted octanol–water partition coefficient (Wildman–Crippen LogP) is 4.22. The molecule has 0 aliphatic carbocycles. The summed E-state index contributed by atoms with van der Waals surface area (Å²) in [5.41, 5.74) is 0.581. The molecule has 0 fully saturated rings. The number of aromatic nitrogens is 4. The van der Waals surface area contributed by atoms with Crippen molar-refractivity contribution in [1.29, 1.82) is 0 Å². The Balaban J connectivity index is 1.88. The first-order valence-electron chi connectivity index (χ1n) is 9.27. The minimum atomic E-state index is -0.777. The second-order valence-electron chi connectivity index (χ2n) is 7.01. The van der Waals surface area contributed by atoms with Gasteiger partial charge in [-0.25, -0.2) is 28.1 Å². The number of hydrogen-bond acceptors (Lipinski definition) is 5. The number of imidazole rings is 1. The van der Waals surface area contributed by atoms with E-state index in [0.717, 1.165) is 18.7 Å². The zero-order valence-electron chi connectivity index (χ0n) is 16.4. The summed E-state index contributed by atoms with van der Waals surface area (Å²) in [5.74, 6) is -1.88. The van der Waals surface area contributed by atoms with Crippen LogP contribution in [0.3, 0.4) is 0 Å². The molecule has 0 aliphatic heterocycles. The Labute approximate surface area is 171 Å². The molecular weight excluding hydrogens is 393 g/mol. The first-order valence-corrected chi connectivity index (χ1v) is 9.27. The van der Waals surface area contributed by atoms with Crippen molar-refractivity contribution in [2.45, 2.75) is 6.54 Å². The highest BCUT2D eigenvalue weighted by atomic mass is 19.1. The van der Waals surface area contributed by atoms with Crippen LogP contribution in [0, 0.1) is 17.5 Å². The highest BCUT2D eigenvalue weighted by Gasteiger charge is 2.19. The Morgan fingerprint density at radius 2 is 1.63 bits per heavy atom. The van der Waals surface area contributed by atoms with Crippen LogP contribution < -0.4 is 5.32 Å². The Kier molecular flexibility index (Phi) is 5.37. The lowest BCUT2D eigenvalue weighted by molar-refractivity contribution is 0.386. The molecule has 0 spiro atoms. The number of nitrogens with one attached hydrogen (secondary N) is 1. The van der Waals surface area contributed by atoms with Gasteiger partial charge in [-0.05, 0) is 38.4 Å². The quantitative estimate of drug-likeness (QED) is 0.514. The minimum absolute atomic E-state index is 0.0888. The van der Waals surface area contributed by atoms with Gasteiger partial charge >= 0.3 is 0 Å². The maximum absolute atomic E-state index is 14.4. The van der Waals surface area contributed by atoms with Gasteiger partial charge in [0, 0.05) is 13.1 Å². The van der Waals surface area contributed by atoms with Crippen molar-refractivity contribution in [3.8, 4) is 11.4 Å². The summed E-state index contributed by atoms with van der Waals surface area (Å²) in [6.07, 6.45) is 1.58. The molecule has 154 valence electrons.